The van der Waals surface area contributed by atoms with Gasteiger partial charge in [0.15, 0.2) is 5.16 Å². The van der Waals surface area contributed by atoms with Crippen LogP contribution in [0.5, 0.6) is 5.75 Å². The summed E-state index contributed by atoms with van der Waals surface area (Å²) in [6.45, 7) is 0. The summed E-state index contributed by atoms with van der Waals surface area (Å²) in [4.78, 5) is 0. The van der Waals surface area contributed by atoms with Crippen LogP contribution in [0.25, 0.3) is 0 Å². The largest absolute Gasteiger partial charge is 0.497 e. The van der Waals surface area contributed by atoms with Crippen LogP contribution in [0.3, 0.4) is 0 Å². The lowest BCUT2D eigenvalue weighted by molar-refractivity contribution is 0.414. The second-order valence-corrected chi connectivity index (χ2v) is 4.91. The highest BCUT2D eigenvalue weighted by atomic mass is 32.2. The minimum Gasteiger partial charge on any atom is -0.497 e. The molecule has 1 aromatic heterocycles. The number of hydrogen-bond acceptors (Lipinski definition) is 5. The van der Waals surface area contributed by atoms with Gasteiger partial charge in [0, 0.05) is 18.8 Å². The number of aromatic nitrogens is 3. The van der Waals surface area contributed by atoms with E-state index < -0.39 is 0 Å². The summed E-state index contributed by atoms with van der Waals surface area (Å²) in [7, 11) is 3.57. The molecule has 0 aliphatic carbocycles. The molecule has 18 heavy (non-hydrogen) atoms. The molecular formula is C12H16N4OS. The maximum atomic E-state index is 6.15. The van der Waals surface area contributed by atoms with E-state index in [1.807, 2.05) is 35.9 Å². The minimum atomic E-state index is -0.0539. The van der Waals surface area contributed by atoms with Crippen molar-refractivity contribution in [2.75, 3.05) is 12.9 Å². The lowest BCUT2D eigenvalue weighted by Crippen LogP contribution is -2.13. The standard InChI is InChI=1S/C12H16N4OS/c1-16-8-14-15-12(16)18-7-11(13)9-4-3-5-10(6-9)17-2/h3-6,8,11H,7,13H2,1-2H3. The van der Waals surface area contributed by atoms with Gasteiger partial charge in [-0.15, -0.1) is 10.2 Å². The van der Waals surface area contributed by atoms with Gasteiger partial charge in [-0.05, 0) is 17.7 Å². The Morgan fingerprint density at radius 2 is 2.33 bits per heavy atom. The van der Waals surface area contributed by atoms with Crippen LogP contribution in [-0.4, -0.2) is 27.6 Å². The molecule has 1 unspecified atom stereocenters. The molecule has 96 valence electrons. The van der Waals surface area contributed by atoms with Crippen molar-refractivity contribution in [2.24, 2.45) is 12.8 Å². The second kappa shape index (κ2) is 5.88. The van der Waals surface area contributed by atoms with E-state index in [4.69, 9.17) is 10.5 Å². The number of benzene rings is 1. The lowest BCUT2D eigenvalue weighted by atomic mass is 10.1. The fraction of sp³-hybridized carbons (Fsp3) is 0.333. The fourth-order valence-corrected chi connectivity index (χ4v) is 2.41. The maximum Gasteiger partial charge on any atom is 0.190 e. The summed E-state index contributed by atoms with van der Waals surface area (Å²) >= 11 is 1.59. The number of nitrogens with two attached hydrogens (primary N) is 1. The number of thioether (sulfide) groups is 1. The van der Waals surface area contributed by atoms with Crippen LogP contribution in [-0.2, 0) is 7.05 Å². The molecule has 0 aliphatic heterocycles. The van der Waals surface area contributed by atoms with Crippen molar-refractivity contribution in [3.05, 3.63) is 36.2 Å². The van der Waals surface area contributed by atoms with E-state index in [0.29, 0.717) is 0 Å². The molecule has 5 nitrogen and oxygen atoms in total. The summed E-state index contributed by atoms with van der Waals surface area (Å²) in [5.41, 5.74) is 7.21. The average molecular weight is 264 g/mol. The summed E-state index contributed by atoms with van der Waals surface area (Å²) in [5.74, 6) is 1.58. The van der Waals surface area contributed by atoms with E-state index in [1.54, 1.807) is 25.2 Å². The van der Waals surface area contributed by atoms with Crippen LogP contribution in [0.4, 0.5) is 0 Å². The lowest BCUT2D eigenvalue weighted by Gasteiger charge is -2.12. The summed E-state index contributed by atoms with van der Waals surface area (Å²) < 4.78 is 7.06. The number of rotatable bonds is 5. The molecule has 0 radical (unpaired) electrons. The summed E-state index contributed by atoms with van der Waals surface area (Å²) in [6, 6.07) is 7.76. The van der Waals surface area contributed by atoms with E-state index in [0.717, 1.165) is 22.2 Å². The molecule has 2 N–H and O–H groups in total. The van der Waals surface area contributed by atoms with Gasteiger partial charge in [-0.1, -0.05) is 23.9 Å². The quantitative estimate of drug-likeness (QED) is 0.831. The van der Waals surface area contributed by atoms with E-state index in [-0.39, 0.29) is 6.04 Å². The molecule has 6 heteroatoms. The second-order valence-electron chi connectivity index (χ2n) is 3.92. The Kier molecular flexibility index (Phi) is 4.22. The third kappa shape index (κ3) is 3.02. The van der Waals surface area contributed by atoms with Crippen LogP contribution in [0.2, 0.25) is 0 Å². The van der Waals surface area contributed by atoms with Gasteiger partial charge in [0.2, 0.25) is 0 Å². The van der Waals surface area contributed by atoms with Crippen LogP contribution < -0.4 is 10.5 Å². The highest BCUT2D eigenvalue weighted by molar-refractivity contribution is 7.99. The third-order valence-corrected chi connectivity index (χ3v) is 3.74. The number of methoxy groups -OCH3 is 1. The zero-order valence-electron chi connectivity index (χ0n) is 10.4. The topological polar surface area (TPSA) is 66.0 Å². The van der Waals surface area contributed by atoms with Crippen LogP contribution in [0.15, 0.2) is 35.7 Å². The number of nitrogens with zero attached hydrogens (tertiary/aromatic N) is 3. The Labute approximate surface area is 110 Å². The van der Waals surface area contributed by atoms with Crippen LogP contribution in [0, 0.1) is 0 Å². The van der Waals surface area contributed by atoms with Crippen molar-refractivity contribution in [2.45, 2.75) is 11.2 Å². The van der Waals surface area contributed by atoms with Gasteiger partial charge in [0.1, 0.15) is 12.1 Å². The van der Waals surface area contributed by atoms with Crippen molar-refractivity contribution in [1.29, 1.82) is 0 Å². The van der Waals surface area contributed by atoms with Gasteiger partial charge >= 0.3 is 0 Å². The van der Waals surface area contributed by atoms with E-state index >= 15 is 0 Å². The average Bonchev–Trinajstić information content (AvgIpc) is 2.81. The van der Waals surface area contributed by atoms with Crippen molar-refractivity contribution in [1.82, 2.24) is 14.8 Å². The van der Waals surface area contributed by atoms with Crippen LogP contribution >= 0.6 is 11.8 Å². The first-order chi connectivity index (χ1) is 8.70. The molecular weight excluding hydrogens is 248 g/mol. The smallest absolute Gasteiger partial charge is 0.190 e. The van der Waals surface area contributed by atoms with E-state index in [2.05, 4.69) is 10.2 Å². The third-order valence-electron chi connectivity index (χ3n) is 2.58. The van der Waals surface area contributed by atoms with Crippen LogP contribution in [0.1, 0.15) is 11.6 Å². The SMILES string of the molecule is COc1cccc(C(N)CSc2nncn2C)c1. The molecule has 2 rings (SSSR count). The van der Waals surface area contributed by atoms with Gasteiger partial charge in [0.25, 0.3) is 0 Å². The number of hydrogen-bond donors (Lipinski definition) is 1. The first-order valence-electron chi connectivity index (χ1n) is 5.57. The van der Waals surface area contributed by atoms with Gasteiger partial charge in [-0.2, -0.15) is 0 Å². The van der Waals surface area contributed by atoms with Gasteiger partial charge in [0.05, 0.1) is 7.11 Å². The normalized spacial score (nSPS) is 12.4. The summed E-state index contributed by atoms with van der Waals surface area (Å²) in [5, 5.41) is 8.71. The molecule has 1 aromatic carbocycles. The molecule has 0 saturated heterocycles. The number of ether oxygens (including phenoxy) is 1. The Morgan fingerprint density at radius 1 is 1.50 bits per heavy atom. The highest BCUT2D eigenvalue weighted by Gasteiger charge is 2.10. The zero-order chi connectivity index (χ0) is 13.0. The van der Waals surface area contributed by atoms with Crippen molar-refractivity contribution in [3.63, 3.8) is 0 Å². The molecule has 0 amide bonds. The number of aryl methyl sites for hydroxylation is 1. The van der Waals surface area contributed by atoms with Crippen molar-refractivity contribution >= 4 is 11.8 Å². The monoisotopic (exact) mass is 264 g/mol. The molecule has 0 saturated carbocycles. The molecule has 0 fully saturated rings. The minimum absolute atomic E-state index is 0.0539. The molecule has 1 heterocycles. The van der Waals surface area contributed by atoms with Gasteiger partial charge in [-0.25, -0.2) is 0 Å². The van der Waals surface area contributed by atoms with Gasteiger partial charge < -0.3 is 15.0 Å². The predicted molar refractivity (Wildman–Crippen MR) is 71.6 cm³/mol. The Bertz CT molecular complexity index is 514. The predicted octanol–water partition coefficient (Wildman–Crippen LogP) is 1.62. The Balaban J connectivity index is 1.99. The Hall–Kier alpha value is -1.53. The molecule has 2 aromatic rings. The molecule has 0 spiro atoms. The maximum absolute atomic E-state index is 6.15. The van der Waals surface area contributed by atoms with E-state index in [1.165, 1.54) is 0 Å². The fourth-order valence-electron chi connectivity index (χ4n) is 1.54. The Morgan fingerprint density at radius 3 is 3.00 bits per heavy atom. The summed E-state index contributed by atoms with van der Waals surface area (Å²) in [6.07, 6.45) is 1.68. The van der Waals surface area contributed by atoms with Gasteiger partial charge in [-0.3, -0.25) is 0 Å². The molecule has 0 aliphatic rings. The van der Waals surface area contributed by atoms with Crippen molar-refractivity contribution in [3.8, 4) is 5.75 Å². The molecule has 0 bridgehead atoms. The van der Waals surface area contributed by atoms with Crippen molar-refractivity contribution < 1.29 is 4.74 Å². The molecule has 1 atom stereocenters. The highest BCUT2D eigenvalue weighted by Crippen LogP contribution is 2.23. The first kappa shape index (κ1) is 12.9. The first-order valence-corrected chi connectivity index (χ1v) is 6.55. The van der Waals surface area contributed by atoms with E-state index in [9.17, 15) is 0 Å². The zero-order valence-corrected chi connectivity index (χ0v) is 11.2.